The second-order valence-electron chi connectivity index (χ2n) is 6.83. The summed E-state index contributed by atoms with van der Waals surface area (Å²) in [6, 6.07) is 9.87. The van der Waals surface area contributed by atoms with Gasteiger partial charge in [0.05, 0.1) is 6.04 Å². The lowest BCUT2D eigenvalue weighted by Gasteiger charge is -2.21. The van der Waals surface area contributed by atoms with Crippen molar-refractivity contribution in [3.05, 3.63) is 41.4 Å². The Labute approximate surface area is 152 Å². The molecule has 2 aromatic rings. The minimum absolute atomic E-state index is 0.00804. The van der Waals surface area contributed by atoms with Crippen molar-refractivity contribution in [2.24, 2.45) is 11.8 Å². The van der Waals surface area contributed by atoms with Gasteiger partial charge >= 0.3 is 0 Å². The number of thiazole rings is 1. The lowest BCUT2D eigenvalue weighted by Crippen LogP contribution is -2.41. The van der Waals surface area contributed by atoms with Crippen LogP contribution >= 0.6 is 11.3 Å². The number of benzene rings is 1. The zero-order valence-corrected chi connectivity index (χ0v) is 15.5. The number of carbonyl (C=O) groups is 2. The van der Waals surface area contributed by atoms with Gasteiger partial charge in [-0.25, -0.2) is 4.98 Å². The van der Waals surface area contributed by atoms with Crippen molar-refractivity contribution in [1.29, 1.82) is 0 Å². The number of aromatic nitrogens is 1. The zero-order valence-electron chi connectivity index (χ0n) is 14.7. The summed E-state index contributed by atoms with van der Waals surface area (Å²) >= 11 is 1.48. The number of amides is 2. The predicted octanol–water partition coefficient (Wildman–Crippen LogP) is 3.04. The minimum Gasteiger partial charge on any atom is -0.351 e. The largest absolute Gasteiger partial charge is 0.351 e. The molecule has 1 fully saturated rings. The van der Waals surface area contributed by atoms with Crippen LogP contribution in [-0.4, -0.2) is 40.8 Å². The average Bonchev–Trinajstić information content (AvgIpc) is 3.22. The Morgan fingerprint density at radius 3 is 2.60 bits per heavy atom. The van der Waals surface area contributed by atoms with Gasteiger partial charge in [0.1, 0.15) is 10.7 Å². The van der Waals surface area contributed by atoms with Crippen LogP contribution in [0.15, 0.2) is 35.7 Å². The quantitative estimate of drug-likeness (QED) is 0.915. The predicted molar refractivity (Wildman–Crippen MR) is 99.4 cm³/mol. The average molecular weight is 357 g/mol. The van der Waals surface area contributed by atoms with Crippen LogP contribution in [0.3, 0.4) is 0 Å². The lowest BCUT2D eigenvalue weighted by atomic mass is 9.91. The van der Waals surface area contributed by atoms with Crippen LogP contribution in [0.1, 0.15) is 31.3 Å². The fourth-order valence-corrected chi connectivity index (χ4v) is 4.13. The Balaban J connectivity index is 1.75. The van der Waals surface area contributed by atoms with Crippen molar-refractivity contribution >= 4 is 23.2 Å². The number of hydrogen-bond acceptors (Lipinski definition) is 4. The van der Waals surface area contributed by atoms with E-state index < -0.39 is 0 Å². The number of rotatable bonds is 4. The summed E-state index contributed by atoms with van der Waals surface area (Å²) in [6.45, 7) is 6.97. The maximum atomic E-state index is 12.8. The third-order valence-corrected chi connectivity index (χ3v) is 5.53. The topological polar surface area (TPSA) is 62.3 Å². The monoisotopic (exact) mass is 357 g/mol. The Kier molecular flexibility index (Phi) is 5.18. The molecule has 1 aliphatic heterocycles. The van der Waals surface area contributed by atoms with Crippen LogP contribution in [0.25, 0.3) is 10.6 Å². The van der Waals surface area contributed by atoms with E-state index in [1.54, 1.807) is 0 Å². The van der Waals surface area contributed by atoms with E-state index in [1.807, 2.05) is 40.6 Å². The van der Waals surface area contributed by atoms with E-state index in [0.717, 1.165) is 10.6 Å². The molecule has 2 heterocycles. The summed E-state index contributed by atoms with van der Waals surface area (Å²) in [6.07, 6.45) is 0. The van der Waals surface area contributed by atoms with Gasteiger partial charge in [-0.3, -0.25) is 9.59 Å². The van der Waals surface area contributed by atoms with Gasteiger partial charge in [-0.2, -0.15) is 0 Å². The van der Waals surface area contributed by atoms with Crippen LogP contribution in [0.5, 0.6) is 0 Å². The molecule has 1 aliphatic rings. The van der Waals surface area contributed by atoms with E-state index in [2.05, 4.69) is 24.1 Å². The normalized spacial score (nSPS) is 20.1. The van der Waals surface area contributed by atoms with E-state index in [-0.39, 0.29) is 23.8 Å². The van der Waals surface area contributed by atoms with Gasteiger partial charge < -0.3 is 10.2 Å². The number of nitrogens with zero attached hydrogens (tertiary/aromatic N) is 2. The fraction of sp³-hybridized carbons (Fsp3) is 0.421. The highest BCUT2D eigenvalue weighted by molar-refractivity contribution is 7.13. The van der Waals surface area contributed by atoms with Crippen LogP contribution in [-0.2, 0) is 4.79 Å². The number of likely N-dealkylation sites (tertiary alicyclic amines) is 1. The molecular weight excluding hydrogens is 334 g/mol. The van der Waals surface area contributed by atoms with Gasteiger partial charge in [0.15, 0.2) is 0 Å². The summed E-state index contributed by atoms with van der Waals surface area (Å²) in [7, 11) is 0. The Bertz CT molecular complexity index is 757. The molecule has 5 nitrogen and oxygen atoms in total. The molecule has 6 heteroatoms. The van der Waals surface area contributed by atoms with E-state index >= 15 is 0 Å². The van der Waals surface area contributed by atoms with E-state index in [4.69, 9.17) is 0 Å². The molecule has 25 heavy (non-hydrogen) atoms. The van der Waals surface area contributed by atoms with E-state index in [9.17, 15) is 9.59 Å². The first-order valence-electron chi connectivity index (χ1n) is 8.53. The first-order valence-corrected chi connectivity index (χ1v) is 9.41. The SMILES string of the molecule is CC(=O)NC1CN(C(=O)c2csc(-c3ccccc3)n2)CC1C(C)C. The molecule has 1 aromatic heterocycles. The molecule has 132 valence electrons. The van der Waals surface area contributed by atoms with Gasteiger partial charge in [-0.05, 0) is 5.92 Å². The molecule has 2 atom stereocenters. The summed E-state index contributed by atoms with van der Waals surface area (Å²) < 4.78 is 0. The summed E-state index contributed by atoms with van der Waals surface area (Å²) in [5, 5.41) is 5.66. The van der Waals surface area contributed by atoms with Crippen molar-refractivity contribution < 1.29 is 9.59 Å². The van der Waals surface area contributed by atoms with E-state index in [0.29, 0.717) is 24.7 Å². The van der Waals surface area contributed by atoms with Gasteiger partial charge in [-0.1, -0.05) is 44.2 Å². The van der Waals surface area contributed by atoms with Crippen LogP contribution < -0.4 is 5.32 Å². The summed E-state index contributed by atoms with van der Waals surface area (Å²) in [4.78, 5) is 30.6. The molecule has 0 saturated carbocycles. The standard InChI is InChI=1S/C19H23N3O2S/c1-12(2)15-9-22(10-16(15)20-13(3)23)19(24)17-11-25-18(21-17)14-7-5-4-6-8-14/h4-8,11-12,15-16H,9-10H2,1-3H3,(H,20,23). The smallest absolute Gasteiger partial charge is 0.273 e. The van der Waals surface area contributed by atoms with Crippen molar-refractivity contribution in [1.82, 2.24) is 15.2 Å². The molecule has 0 spiro atoms. The number of hydrogen-bond donors (Lipinski definition) is 1. The number of carbonyl (C=O) groups excluding carboxylic acids is 2. The fourth-order valence-electron chi connectivity index (χ4n) is 3.33. The third-order valence-electron chi connectivity index (χ3n) is 4.64. The Morgan fingerprint density at radius 2 is 1.96 bits per heavy atom. The first-order chi connectivity index (χ1) is 12.0. The lowest BCUT2D eigenvalue weighted by molar-refractivity contribution is -0.119. The van der Waals surface area contributed by atoms with Crippen LogP contribution in [0.2, 0.25) is 0 Å². The van der Waals surface area contributed by atoms with E-state index in [1.165, 1.54) is 18.3 Å². The maximum Gasteiger partial charge on any atom is 0.273 e. The van der Waals surface area contributed by atoms with Gasteiger partial charge in [0.2, 0.25) is 5.91 Å². The molecule has 1 N–H and O–H groups in total. The van der Waals surface area contributed by atoms with Crippen molar-refractivity contribution in [3.63, 3.8) is 0 Å². The molecule has 3 rings (SSSR count). The third kappa shape index (κ3) is 3.90. The molecule has 0 bridgehead atoms. The molecule has 1 aromatic carbocycles. The zero-order chi connectivity index (χ0) is 18.0. The molecule has 0 radical (unpaired) electrons. The van der Waals surface area contributed by atoms with Crippen molar-refractivity contribution in [2.75, 3.05) is 13.1 Å². The van der Waals surface area contributed by atoms with Crippen LogP contribution in [0, 0.1) is 11.8 Å². The molecule has 1 saturated heterocycles. The van der Waals surface area contributed by atoms with Crippen LogP contribution in [0.4, 0.5) is 0 Å². The highest BCUT2D eigenvalue weighted by Crippen LogP contribution is 2.28. The van der Waals surface area contributed by atoms with Crippen molar-refractivity contribution in [2.45, 2.75) is 26.8 Å². The summed E-state index contributed by atoms with van der Waals surface area (Å²) in [5.74, 6) is 0.548. The number of nitrogens with one attached hydrogen (secondary N) is 1. The Hall–Kier alpha value is -2.21. The van der Waals surface area contributed by atoms with Gasteiger partial charge in [-0.15, -0.1) is 11.3 Å². The van der Waals surface area contributed by atoms with Gasteiger partial charge in [0, 0.05) is 36.9 Å². The summed E-state index contributed by atoms with van der Waals surface area (Å²) in [5.41, 5.74) is 1.50. The highest BCUT2D eigenvalue weighted by atomic mass is 32.1. The minimum atomic E-state index is -0.0584. The molecule has 2 amide bonds. The van der Waals surface area contributed by atoms with Gasteiger partial charge in [0.25, 0.3) is 5.91 Å². The molecular formula is C19H23N3O2S. The molecule has 0 aliphatic carbocycles. The van der Waals surface area contributed by atoms with Crippen molar-refractivity contribution in [3.8, 4) is 10.6 Å². The first kappa shape index (κ1) is 17.6. The second kappa shape index (κ2) is 7.35. The highest BCUT2D eigenvalue weighted by Gasteiger charge is 2.38. The molecule has 2 unspecified atom stereocenters. The maximum absolute atomic E-state index is 12.8. The Morgan fingerprint density at radius 1 is 1.24 bits per heavy atom. The second-order valence-corrected chi connectivity index (χ2v) is 7.69.